The third kappa shape index (κ3) is 3.91. The highest BCUT2D eigenvalue weighted by molar-refractivity contribution is 7.91. The Morgan fingerprint density at radius 1 is 1.29 bits per heavy atom. The van der Waals surface area contributed by atoms with Crippen molar-refractivity contribution in [3.8, 4) is 0 Å². The first-order chi connectivity index (χ1) is 13.4. The maximum atomic E-state index is 12.4. The number of hydrazone groups is 1. The Kier molecular flexibility index (Phi) is 4.88. The van der Waals surface area contributed by atoms with Gasteiger partial charge in [-0.05, 0) is 18.6 Å². The summed E-state index contributed by atoms with van der Waals surface area (Å²) in [5.74, 6) is 0.162. The van der Waals surface area contributed by atoms with Crippen LogP contribution in [0.2, 0.25) is 0 Å². The molecule has 2 aliphatic rings. The Morgan fingerprint density at radius 2 is 2.11 bits per heavy atom. The smallest absolute Gasteiger partial charge is 0.267 e. The van der Waals surface area contributed by atoms with Crippen LogP contribution in [0.5, 0.6) is 0 Å². The Balaban J connectivity index is 1.37. The van der Waals surface area contributed by atoms with Crippen molar-refractivity contribution in [1.82, 2.24) is 20.3 Å². The van der Waals surface area contributed by atoms with Crippen LogP contribution in [0.3, 0.4) is 0 Å². The Bertz CT molecular complexity index is 1030. The molecule has 4 rings (SSSR count). The van der Waals surface area contributed by atoms with Crippen molar-refractivity contribution < 1.29 is 18.0 Å². The van der Waals surface area contributed by atoms with Crippen LogP contribution < -0.4 is 5.32 Å². The average Bonchev–Trinajstić information content (AvgIpc) is 3.24. The van der Waals surface area contributed by atoms with Crippen molar-refractivity contribution in [2.45, 2.75) is 31.7 Å². The van der Waals surface area contributed by atoms with Crippen molar-refractivity contribution >= 4 is 38.4 Å². The molecular weight excluding hydrogens is 382 g/mol. The summed E-state index contributed by atoms with van der Waals surface area (Å²) in [6, 6.07) is 7.22. The molecule has 2 amide bonds. The van der Waals surface area contributed by atoms with Crippen LogP contribution in [-0.4, -0.2) is 65.0 Å². The normalized spacial score (nSPS) is 21.7. The van der Waals surface area contributed by atoms with E-state index in [-0.39, 0.29) is 41.9 Å². The molecule has 1 atom stereocenters. The number of aromatic amines is 1. The lowest BCUT2D eigenvalue weighted by atomic mass is 10.1. The van der Waals surface area contributed by atoms with Crippen molar-refractivity contribution in [2.24, 2.45) is 5.10 Å². The number of aromatic nitrogens is 2. The molecule has 2 N–H and O–H groups in total. The second-order valence-electron chi connectivity index (χ2n) is 7.05. The third-order valence-corrected chi connectivity index (χ3v) is 6.71. The summed E-state index contributed by atoms with van der Waals surface area (Å²) in [4.78, 5) is 32.2. The van der Waals surface area contributed by atoms with Gasteiger partial charge in [0.05, 0.1) is 28.6 Å². The van der Waals surface area contributed by atoms with Crippen LogP contribution in [0.1, 0.15) is 25.1 Å². The zero-order valence-corrected chi connectivity index (χ0v) is 16.0. The molecule has 1 saturated heterocycles. The minimum atomic E-state index is -3.14. The number of carbonyl (C=O) groups excluding carboxylic acids is 2. The van der Waals surface area contributed by atoms with E-state index in [9.17, 15) is 18.0 Å². The van der Waals surface area contributed by atoms with Gasteiger partial charge in [-0.15, -0.1) is 0 Å². The molecule has 9 nitrogen and oxygen atoms in total. The minimum absolute atomic E-state index is 0.0516. The Morgan fingerprint density at radius 3 is 2.86 bits per heavy atom. The molecular formula is C18H21N5O4S. The van der Waals surface area contributed by atoms with E-state index in [1.807, 2.05) is 24.3 Å². The zero-order chi connectivity index (χ0) is 19.7. The molecule has 1 aromatic carbocycles. The van der Waals surface area contributed by atoms with Crippen LogP contribution in [0.15, 0.2) is 29.4 Å². The zero-order valence-electron chi connectivity index (χ0n) is 15.2. The van der Waals surface area contributed by atoms with Crippen LogP contribution in [0.25, 0.3) is 11.0 Å². The molecule has 0 spiro atoms. The fourth-order valence-electron chi connectivity index (χ4n) is 3.51. The number of sulfone groups is 1. The van der Waals surface area contributed by atoms with Gasteiger partial charge in [-0.2, -0.15) is 5.10 Å². The SMILES string of the molecule is O=C(NCCc1nc2ccccc2[nH]1)C1=NN(C2CCS(=O)(=O)C2)C(=O)CC1. The fraction of sp³-hybridized carbons (Fsp3) is 0.444. The average molecular weight is 403 g/mol. The van der Waals surface area contributed by atoms with Gasteiger partial charge in [0.25, 0.3) is 5.91 Å². The highest BCUT2D eigenvalue weighted by atomic mass is 32.2. The number of H-pyrrole nitrogens is 1. The lowest BCUT2D eigenvalue weighted by Gasteiger charge is -2.27. The van der Waals surface area contributed by atoms with Gasteiger partial charge in [-0.25, -0.2) is 18.4 Å². The highest BCUT2D eigenvalue weighted by Crippen LogP contribution is 2.22. The maximum Gasteiger partial charge on any atom is 0.267 e. The number of nitrogens with zero attached hydrogens (tertiary/aromatic N) is 3. The number of para-hydroxylation sites is 2. The predicted octanol–water partition coefficient (Wildman–Crippen LogP) is 0.387. The number of imidazole rings is 1. The number of carbonyl (C=O) groups is 2. The Labute approximate surface area is 162 Å². The van der Waals surface area contributed by atoms with Crippen molar-refractivity contribution in [2.75, 3.05) is 18.1 Å². The van der Waals surface area contributed by atoms with Gasteiger partial charge in [-0.1, -0.05) is 12.1 Å². The summed E-state index contributed by atoms with van der Waals surface area (Å²) in [6.07, 6.45) is 1.31. The quantitative estimate of drug-likeness (QED) is 0.747. The third-order valence-electron chi connectivity index (χ3n) is 4.96. The first-order valence-electron chi connectivity index (χ1n) is 9.23. The Hall–Kier alpha value is -2.75. The first kappa shape index (κ1) is 18.6. The molecule has 28 heavy (non-hydrogen) atoms. The van der Waals surface area contributed by atoms with E-state index in [0.717, 1.165) is 16.9 Å². The number of hydrogen-bond donors (Lipinski definition) is 2. The molecule has 3 heterocycles. The summed E-state index contributed by atoms with van der Waals surface area (Å²) in [6.45, 7) is 0.378. The first-order valence-corrected chi connectivity index (χ1v) is 11.1. The number of nitrogens with one attached hydrogen (secondary N) is 2. The number of hydrogen-bond acceptors (Lipinski definition) is 6. The summed E-state index contributed by atoms with van der Waals surface area (Å²) in [5, 5.41) is 8.17. The molecule has 0 bridgehead atoms. The van der Waals surface area contributed by atoms with Crippen LogP contribution in [0, 0.1) is 0 Å². The second-order valence-corrected chi connectivity index (χ2v) is 9.28. The highest BCUT2D eigenvalue weighted by Gasteiger charge is 2.37. The predicted molar refractivity (Wildman–Crippen MR) is 103 cm³/mol. The largest absolute Gasteiger partial charge is 0.350 e. The van der Waals surface area contributed by atoms with Gasteiger partial charge in [0.1, 0.15) is 11.5 Å². The van der Waals surface area contributed by atoms with E-state index in [2.05, 4.69) is 20.4 Å². The van der Waals surface area contributed by atoms with E-state index < -0.39 is 15.9 Å². The summed E-state index contributed by atoms with van der Waals surface area (Å²) < 4.78 is 23.3. The lowest BCUT2D eigenvalue weighted by molar-refractivity contribution is -0.133. The topological polar surface area (TPSA) is 125 Å². The molecule has 1 unspecified atom stereocenters. The van der Waals surface area contributed by atoms with Gasteiger partial charge >= 0.3 is 0 Å². The molecule has 2 aromatic rings. The second kappa shape index (κ2) is 7.34. The minimum Gasteiger partial charge on any atom is -0.350 e. The molecule has 0 radical (unpaired) electrons. The van der Waals surface area contributed by atoms with E-state index >= 15 is 0 Å². The van der Waals surface area contributed by atoms with Gasteiger partial charge in [0.15, 0.2) is 9.84 Å². The van der Waals surface area contributed by atoms with Crippen LogP contribution >= 0.6 is 0 Å². The van der Waals surface area contributed by atoms with Crippen molar-refractivity contribution in [1.29, 1.82) is 0 Å². The number of amides is 2. The van der Waals surface area contributed by atoms with Gasteiger partial charge in [0, 0.05) is 25.8 Å². The van der Waals surface area contributed by atoms with Crippen LogP contribution in [-0.2, 0) is 25.8 Å². The van der Waals surface area contributed by atoms with Crippen molar-refractivity contribution in [3.63, 3.8) is 0 Å². The maximum absolute atomic E-state index is 12.4. The van der Waals surface area contributed by atoms with E-state index in [0.29, 0.717) is 19.4 Å². The fourth-order valence-corrected chi connectivity index (χ4v) is 5.20. The molecule has 0 aliphatic carbocycles. The molecule has 2 aliphatic heterocycles. The van der Waals surface area contributed by atoms with E-state index in [1.165, 1.54) is 5.01 Å². The van der Waals surface area contributed by atoms with E-state index in [1.54, 1.807) is 0 Å². The number of fused-ring (bicyclic) bond motifs is 1. The van der Waals surface area contributed by atoms with Gasteiger partial charge in [0.2, 0.25) is 5.91 Å². The van der Waals surface area contributed by atoms with Crippen LogP contribution in [0.4, 0.5) is 0 Å². The van der Waals surface area contributed by atoms with Crippen molar-refractivity contribution in [3.05, 3.63) is 30.1 Å². The number of benzene rings is 1. The summed E-state index contributed by atoms with van der Waals surface area (Å²) in [5.41, 5.74) is 2.08. The molecule has 148 valence electrons. The standard InChI is InChI=1S/C18H21N5O4S/c24-17-6-5-15(22-23(17)12-8-10-28(26,27)11-12)18(25)19-9-7-16-20-13-3-1-2-4-14(13)21-16/h1-4,12H,5-11H2,(H,19,25)(H,20,21). The van der Waals surface area contributed by atoms with Gasteiger partial charge < -0.3 is 10.3 Å². The van der Waals surface area contributed by atoms with E-state index in [4.69, 9.17) is 0 Å². The lowest BCUT2D eigenvalue weighted by Crippen LogP contribution is -2.44. The summed E-state index contributed by atoms with van der Waals surface area (Å²) in [7, 11) is -3.14. The monoisotopic (exact) mass is 403 g/mol. The molecule has 1 aromatic heterocycles. The molecule has 0 saturated carbocycles. The summed E-state index contributed by atoms with van der Waals surface area (Å²) >= 11 is 0. The van der Waals surface area contributed by atoms with Gasteiger partial charge in [-0.3, -0.25) is 9.59 Å². The molecule has 1 fully saturated rings. The molecule has 10 heteroatoms. The number of rotatable bonds is 5.